The zero-order valence-electron chi connectivity index (χ0n) is 38.7. The third-order valence-corrected chi connectivity index (χ3v) is 13.4. The van der Waals surface area contributed by atoms with Gasteiger partial charge in [-0.25, -0.2) is 0 Å². The second-order valence-electron chi connectivity index (χ2n) is 17.1. The molecule has 4 heteroatoms. The van der Waals surface area contributed by atoms with Crippen molar-refractivity contribution in [3.63, 3.8) is 0 Å². The first-order chi connectivity index (χ1) is 32.1. The van der Waals surface area contributed by atoms with Gasteiger partial charge in [0.15, 0.2) is 0 Å². The van der Waals surface area contributed by atoms with Gasteiger partial charge in [-0.2, -0.15) is 0 Å². The first-order valence-corrected chi connectivity index (χ1v) is 22.9. The molecule has 0 aromatic heterocycles. The van der Waals surface area contributed by atoms with Crippen molar-refractivity contribution in [1.29, 1.82) is 0 Å². The molecule has 0 saturated carbocycles. The summed E-state index contributed by atoms with van der Waals surface area (Å²) in [5.74, 6) is -0.498. The molecule has 0 unspecified atom stereocenters. The fraction of sp³-hybridized carbons (Fsp3) is 0.129. The van der Waals surface area contributed by atoms with E-state index in [9.17, 15) is 15.3 Å². The lowest BCUT2D eigenvalue weighted by molar-refractivity contribution is 0.419. The Morgan fingerprint density at radius 2 is 0.788 bits per heavy atom. The molecule has 9 aromatic rings. The molecule has 0 heterocycles. The Morgan fingerprint density at radius 1 is 0.348 bits per heavy atom. The van der Waals surface area contributed by atoms with Gasteiger partial charge < -0.3 is 20.2 Å². The van der Waals surface area contributed by atoms with E-state index in [2.05, 4.69) is 178 Å². The second-order valence-corrected chi connectivity index (χ2v) is 17.1. The van der Waals surface area contributed by atoms with Gasteiger partial charge >= 0.3 is 0 Å². The maximum Gasteiger partial charge on any atom is 0.150 e. The van der Waals surface area contributed by atoms with E-state index < -0.39 is 5.41 Å². The first kappa shape index (κ1) is 43.4. The average molecular weight is 862 g/mol. The lowest BCUT2D eigenvalue weighted by Gasteiger charge is -2.33. The number of benzene rings is 9. The molecule has 0 aliphatic heterocycles. The van der Waals surface area contributed by atoms with Crippen LogP contribution < -0.4 is 4.90 Å². The fourth-order valence-corrected chi connectivity index (χ4v) is 10.1. The van der Waals surface area contributed by atoms with Gasteiger partial charge in [-0.15, -0.1) is 0 Å². The smallest absolute Gasteiger partial charge is 0.150 e. The SMILES string of the molecule is CC.Cc1ccccc1.Cc1ccccc1-c1cc(-c2ccc(N(c3ccc4c(c3)C3(c5ccccc5-c5ccccc53)c3ccccc3-4)c3c(O)c(C)c(O)c(C)c3O)cc2)ccc1C. The molecule has 66 heavy (non-hydrogen) atoms. The van der Waals surface area contributed by atoms with Gasteiger partial charge in [0.1, 0.15) is 22.9 Å². The molecule has 326 valence electrons. The van der Waals surface area contributed by atoms with E-state index in [0.29, 0.717) is 11.1 Å². The Morgan fingerprint density at radius 3 is 1.30 bits per heavy atom. The normalized spacial score (nSPS) is 12.2. The Bertz CT molecular complexity index is 3160. The van der Waals surface area contributed by atoms with Gasteiger partial charge in [-0.05, 0) is 143 Å². The van der Waals surface area contributed by atoms with Crippen molar-refractivity contribution in [2.75, 3.05) is 4.90 Å². The van der Waals surface area contributed by atoms with Crippen molar-refractivity contribution in [3.8, 4) is 61.8 Å². The van der Waals surface area contributed by atoms with Crippen molar-refractivity contribution >= 4 is 17.1 Å². The van der Waals surface area contributed by atoms with Crippen molar-refractivity contribution in [2.45, 2.75) is 53.9 Å². The van der Waals surface area contributed by atoms with E-state index in [-0.39, 0.29) is 22.9 Å². The topological polar surface area (TPSA) is 63.9 Å². The Balaban J connectivity index is 0.000000553. The quantitative estimate of drug-likeness (QED) is 0.161. The maximum absolute atomic E-state index is 11.8. The maximum atomic E-state index is 11.8. The third-order valence-electron chi connectivity index (χ3n) is 13.4. The van der Waals surface area contributed by atoms with E-state index in [1.165, 1.54) is 61.2 Å². The highest BCUT2D eigenvalue weighted by Gasteiger charge is 2.51. The van der Waals surface area contributed by atoms with Gasteiger partial charge in [-0.3, -0.25) is 0 Å². The lowest BCUT2D eigenvalue weighted by atomic mass is 9.70. The number of nitrogens with zero attached hydrogens (tertiary/aromatic N) is 1. The molecule has 2 aliphatic carbocycles. The largest absolute Gasteiger partial charge is 0.507 e. The number of anilines is 3. The molecule has 0 atom stereocenters. The molecule has 0 saturated heterocycles. The Labute approximate surface area is 389 Å². The molecule has 9 aromatic carbocycles. The number of hydrogen-bond donors (Lipinski definition) is 3. The Hall–Kier alpha value is -7.82. The monoisotopic (exact) mass is 861 g/mol. The molecule has 0 radical (unpaired) electrons. The lowest BCUT2D eigenvalue weighted by Crippen LogP contribution is -2.26. The van der Waals surface area contributed by atoms with E-state index in [1.54, 1.807) is 13.8 Å². The molecule has 2 aliphatic rings. The van der Waals surface area contributed by atoms with Gasteiger partial charge in [0.25, 0.3) is 0 Å². The molecular weight excluding hydrogens is 807 g/mol. The zero-order valence-corrected chi connectivity index (χ0v) is 38.7. The van der Waals surface area contributed by atoms with Crippen LogP contribution in [0, 0.1) is 34.6 Å². The van der Waals surface area contributed by atoms with Gasteiger partial charge in [0, 0.05) is 22.5 Å². The van der Waals surface area contributed by atoms with E-state index >= 15 is 0 Å². The van der Waals surface area contributed by atoms with Crippen molar-refractivity contribution < 1.29 is 15.3 Å². The first-order valence-electron chi connectivity index (χ1n) is 22.9. The van der Waals surface area contributed by atoms with E-state index in [4.69, 9.17) is 0 Å². The summed E-state index contributed by atoms with van der Waals surface area (Å²) in [6, 6.07) is 66.2. The third kappa shape index (κ3) is 7.01. The summed E-state index contributed by atoms with van der Waals surface area (Å²) in [5, 5.41) is 34.6. The molecule has 3 N–H and O–H groups in total. The van der Waals surface area contributed by atoms with Crippen LogP contribution >= 0.6 is 0 Å². The van der Waals surface area contributed by atoms with Crippen LogP contribution in [-0.4, -0.2) is 15.3 Å². The molecule has 0 fully saturated rings. The summed E-state index contributed by atoms with van der Waals surface area (Å²) < 4.78 is 0. The molecule has 0 amide bonds. The second kappa shape index (κ2) is 17.6. The van der Waals surface area contributed by atoms with Crippen molar-refractivity contribution in [3.05, 3.63) is 238 Å². The number of phenols is 3. The molecule has 1 spiro atoms. The van der Waals surface area contributed by atoms with E-state index in [1.807, 2.05) is 49.1 Å². The summed E-state index contributed by atoms with van der Waals surface area (Å²) in [4.78, 5) is 1.92. The standard InChI is InChI=1S/C53H41NO3.C7H8.C2H6/c1-31-13-5-6-14-39(31)44-29-36(22-21-32(44)2)35-23-25-37(26-24-35)54(49-51(56)33(3)50(55)34(4)52(49)57)38-27-28-43-42-17-9-12-20-47(42)53(48(43)30-38)45-18-10-7-15-40(45)41-16-8-11-19-46(41)53;1-7-5-3-2-4-6-7;1-2/h5-30,55-57H,1-4H3;2-6H,1H3;1-2H3. The van der Waals surface area contributed by atoms with Gasteiger partial charge in [0.2, 0.25) is 0 Å². The number of aromatic hydroxyl groups is 3. The van der Waals surface area contributed by atoms with Crippen molar-refractivity contribution in [2.24, 2.45) is 0 Å². The van der Waals surface area contributed by atoms with Crippen LogP contribution in [0.3, 0.4) is 0 Å². The zero-order chi connectivity index (χ0) is 46.3. The van der Waals surface area contributed by atoms with Crippen LogP contribution in [0.1, 0.15) is 63.9 Å². The predicted octanol–water partition coefficient (Wildman–Crippen LogP) is 16.2. The summed E-state index contributed by atoms with van der Waals surface area (Å²) in [6.45, 7) is 13.7. The highest BCUT2D eigenvalue weighted by molar-refractivity contribution is 5.97. The highest BCUT2D eigenvalue weighted by atomic mass is 16.3. The molecule has 0 bridgehead atoms. The Kier molecular flexibility index (Phi) is 11.6. The minimum absolute atomic E-state index is 0.129. The minimum atomic E-state index is -0.574. The van der Waals surface area contributed by atoms with Gasteiger partial charge in [0.05, 0.1) is 5.41 Å². The van der Waals surface area contributed by atoms with Crippen LogP contribution in [-0.2, 0) is 5.41 Å². The highest BCUT2D eigenvalue weighted by Crippen LogP contribution is 2.63. The van der Waals surface area contributed by atoms with Crippen molar-refractivity contribution in [1.82, 2.24) is 0 Å². The molecular formula is C62H55NO3. The van der Waals surface area contributed by atoms with Gasteiger partial charge in [-0.1, -0.05) is 177 Å². The number of hydrogen-bond acceptors (Lipinski definition) is 4. The van der Waals surface area contributed by atoms with Crippen LogP contribution in [0.25, 0.3) is 44.5 Å². The average Bonchev–Trinajstić information content (AvgIpc) is 3.83. The van der Waals surface area contributed by atoms with Crippen LogP contribution in [0.5, 0.6) is 17.2 Å². The molecule has 11 rings (SSSR count). The van der Waals surface area contributed by atoms with Crippen LogP contribution in [0.15, 0.2) is 188 Å². The number of aryl methyl sites for hydroxylation is 3. The summed E-state index contributed by atoms with van der Waals surface area (Å²) in [5.41, 5.74) is 19.7. The summed E-state index contributed by atoms with van der Waals surface area (Å²) >= 11 is 0. The number of rotatable bonds is 5. The minimum Gasteiger partial charge on any atom is -0.507 e. The number of fused-ring (bicyclic) bond motifs is 10. The summed E-state index contributed by atoms with van der Waals surface area (Å²) in [6.07, 6.45) is 0. The fourth-order valence-electron chi connectivity index (χ4n) is 10.1. The predicted molar refractivity (Wildman–Crippen MR) is 275 cm³/mol. The van der Waals surface area contributed by atoms with Crippen LogP contribution in [0.4, 0.5) is 17.1 Å². The van der Waals surface area contributed by atoms with E-state index in [0.717, 1.165) is 33.6 Å². The summed E-state index contributed by atoms with van der Waals surface area (Å²) in [7, 11) is 0. The van der Waals surface area contributed by atoms with Crippen LogP contribution in [0.2, 0.25) is 0 Å². The number of phenolic OH excluding ortho intramolecular Hbond substituents is 3. The molecule has 4 nitrogen and oxygen atoms in total.